The first-order valence-electron chi connectivity index (χ1n) is 7.23. The monoisotopic (exact) mass is 261 g/mol. The summed E-state index contributed by atoms with van der Waals surface area (Å²) in [7, 11) is 0. The van der Waals surface area contributed by atoms with Crippen LogP contribution in [0.1, 0.15) is 29.5 Å². The van der Waals surface area contributed by atoms with E-state index in [1.54, 1.807) is 0 Å². The Kier molecular flexibility index (Phi) is 3.61. The topological polar surface area (TPSA) is 21.7 Å². The van der Waals surface area contributed by atoms with Crippen molar-refractivity contribution in [3.8, 4) is 0 Å². The van der Waals surface area contributed by atoms with Crippen LogP contribution in [0, 0.1) is 13.8 Å². The van der Waals surface area contributed by atoms with Gasteiger partial charge in [0.25, 0.3) is 0 Å². The highest BCUT2D eigenvalue weighted by Crippen LogP contribution is 2.31. The van der Waals surface area contributed by atoms with Crippen molar-refractivity contribution in [1.82, 2.24) is 4.90 Å². The fourth-order valence-corrected chi connectivity index (χ4v) is 3.05. The molecule has 0 saturated carbocycles. The molecule has 104 valence electrons. The van der Waals surface area contributed by atoms with Gasteiger partial charge < -0.3 is 9.47 Å². The Bertz CT molecular complexity index is 442. The molecule has 2 aliphatic rings. The van der Waals surface area contributed by atoms with Gasteiger partial charge in [0, 0.05) is 32.5 Å². The third-order valence-corrected chi connectivity index (χ3v) is 4.33. The summed E-state index contributed by atoms with van der Waals surface area (Å²) in [6.07, 6.45) is 2.00. The second-order valence-corrected chi connectivity index (χ2v) is 5.81. The van der Waals surface area contributed by atoms with E-state index in [1.165, 1.54) is 16.7 Å². The Balaban J connectivity index is 1.61. The summed E-state index contributed by atoms with van der Waals surface area (Å²) in [5.41, 5.74) is 4.18. The van der Waals surface area contributed by atoms with Crippen LogP contribution < -0.4 is 0 Å². The zero-order valence-electron chi connectivity index (χ0n) is 11.9. The van der Waals surface area contributed by atoms with Gasteiger partial charge >= 0.3 is 0 Å². The molecule has 2 fully saturated rings. The van der Waals surface area contributed by atoms with Gasteiger partial charge in [-0.15, -0.1) is 0 Å². The molecule has 3 rings (SSSR count). The highest BCUT2D eigenvalue weighted by atomic mass is 16.7. The molecule has 2 saturated heterocycles. The number of hydrogen-bond donors (Lipinski definition) is 0. The first-order valence-corrected chi connectivity index (χ1v) is 7.23. The minimum Gasteiger partial charge on any atom is -0.347 e. The molecule has 0 amide bonds. The molecule has 1 spiro atoms. The first kappa shape index (κ1) is 13.1. The number of nitrogens with zero attached hydrogens (tertiary/aromatic N) is 1. The molecule has 1 aromatic carbocycles. The fraction of sp³-hybridized carbons (Fsp3) is 0.625. The molecule has 0 N–H and O–H groups in total. The maximum Gasteiger partial charge on any atom is 0.170 e. The summed E-state index contributed by atoms with van der Waals surface area (Å²) < 4.78 is 11.5. The molecular weight excluding hydrogens is 238 g/mol. The standard InChI is InChI=1S/C16H23NO2/c1-13-3-4-14(2)15(11-13)12-17-7-5-16(6-8-17)18-9-10-19-16/h3-4,11H,5-10,12H2,1-2H3. The number of likely N-dealkylation sites (tertiary alicyclic amines) is 1. The minimum absolute atomic E-state index is 0.252. The molecule has 0 radical (unpaired) electrons. The Morgan fingerprint density at radius 3 is 2.47 bits per heavy atom. The maximum absolute atomic E-state index is 5.77. The average molecular weight is 261 g/mol. The van der Waals surface area contributed by atoms with Crippen LogP contribution in [-0.4, -0.2) is 37.0 Å². The molecule has 0 atom stereocenters. The molecule has 1 aromatic rings. The van der Waals surface area contributed by atoms with Gasteiger partial charge in [-0.2, -0.15) is 0 Å². The Hall–Kier alpha value is -0.900. The Morgan fingerprint density at radius 1 is 1.11 bits per heavy atom. The summed E-state index contributed by atoms with van der Waals surface area (Å²) in [4.78, 5) is 2.51. The lowest BCUT2D eigenvalue weighted by atomic mass is 10.0. The van der Waals surface area contributed by atoms with Gasteiger partial charge in [0.2, 0.25) is 0 Å². The van der Waals surface area contributed by atoms with E-state index < -0.39 is 0 Å². The number of ether oxygens (including phenoxy) is 2. The van der Waals surface area contributed by atoms with Crippen LogP contribution in [0.4, 0.5) is 0 Å². The zero-order valence-corrected chi connectivity index (χ0v) is 11.9. The first-order chi connectivity index (χ1) is 9.17. The smallest absolute Gasteiger partial charge is 0.170 e. The van der Waals surface area contributed by atoms with E-state index in [1.807, 2.05) is 0 Å². The van der Waals surface area contributed by atoms with Gasteiger partial charge in [-0.25, -0.2) is 0 Å². The lowest BCUT2D eigenvalue weighted by Gasteiger charge is -2.37. The van der Waals surface area contributed by atoms with E-state index in [0.717, 1.165) is 45.7 Å². The van der Waals surface area contributed by atoms with E-state index in [4.69, 9.17) is 9.47 Å². The third kappa shape index (κ3) is 2.83. The quantitative estimate of drug-likeness (QED) is 0.817. The van der Waals surface area contributed by atoms with Crippen LogP contribution >= 0.6 is 0 Å². The van der Waals surface area contributed by atoms with Crippen molar-refractivity contribution >= 4 is 0 Å². The van der Waals surface area contributed by atoms with Crippen LogP contribution in [0.25, 0.3) is 0 Å². The highest BCUT2D eigenvalue weighted by Gasteiger charge is 2.39. The Morgan fingerprint density at radius 2 is 1.79 bits per heavy atom. The van der Waals surface area contributed by atoms with Crippen LogP contribution in [0.3, 0.4) is 0 Å². The summed E-state index contributed by atoms with van der Waals surface area (Å²) in [5.74, 6) is -0.252. The largest absolute Gasteiger partial charge is 0.347 e. The van der Waals surface area contributed by atoms with Crippen LogP contribution in [-0.2, 0) is 16.0 Å². The normalized spacial score (nSPS) is 23.1. The summed E-state index contributed by atoms with van der Waals surface area (Å²) in [6, 6.07) is 6.71. The van der Waals surface area contributed by atoms with Crippen LogP contribution in [0.15, 0.2) is 18.2 Å². The number of piperidine rings is 1. The summed E-state index contributed by atoms with van der Waals surface area (Å²) in [6.45, 7) is 9.05. The van der Waals surface area contributed by atoms with Crippen LogP contribution in [0.2, 0.25) is 0 Å². The number of rotatable bonds is 2. The van der Waals surface area contributed by atoms with Crippen molar-refractivity contribution in [3.05, 3.63) is 34.9 Å². The summed E-state index contributed by atoms with van der Waals surface area (Å²) >= 11 is 0. The molecule has 3 heteroatoms. The van der Waals surface area contributed by atoms with Crippen molar-refractivity contribution < 1.29 is 9.47 Å². The van der Waals surface area contributed by atoms with Gasteiger partial charge in [0.1, 0.15) is 0 Å². The van der Waals surface area contributed by atoms with Gasteiger partial charge in [0.15, 0.2) is 5.79 Å². The second kappa shape index (κ2) is 5.23. The van der Waals surface area contributed by atoms with Crippen molar-refractivity contribution in [2.45, 2.75) is 39.0 Å². The molecule has 3 nitrogen and oxygen atoms in total. The zero-order chi connectivity index (χ0) is 13.3. The van der Waals surface area contributed by atoms with Gasteiger partial charge in [-0.3, -0.25) is 4.90 Å². The predicted molar refractivity (Wildman–Crippen MR) is 75.1 cm³/mol. The summed E-state index contributed by atoms with van der Waals surface area (Å²) in [5, 5.41) is 0. The van der Waals surface area contributed by atoms with E-state index in [0.29, 0.717) is 0 Å². The fourth-order valence-electron chi connectivity index (χ4n) is 3.05. The van der Waals surface area contributed by atoms with Crippen molar-refractivity contribution in [2.75, 3.05) is 26.3 Å². The average Bonchev–Trinajstić information content (AvgIpc) is 2.85. The number of hydrogen-bond acceptors (Lipinski definition) is 3. The lowest BCUT2D eigenvalue weighted by molar-refractivity contribution is -0.185. The van der Waals surface area contributed by atoms with Crippen molar-refractivity contribution in [2.24, 2.45) is 0 Å². The highest BCUT2D eigenvalue weighted by molar-refractivity contribution is 5.30. The van der Waals surface area contributed by atoms with E-state index in [9.17, 15) is 0 Å². The van der Waals surface area contributed by atoms with Gasteiger partial charge in [0.05, 0.1) is 13.2 Å². The molecule has 0 aliphatic carbocycles. The van der Waals surface area contributed by atoms with E-state index in [-0.39, 0.29) is 5.79 Å². The number of benzene rings is 1. The third-order valence-electron chi connectivity index (χ3n) is 4.33. The molecule has 0 bridgehead atoms. The molecule has 2 aliphatic heterocycles. The number of aryl methyl sites for hydroxylation is 2. The van der Waals surface area contributed by atoms with E-state index >= 15 is 0 Å². The lowest BCUT2D eigenvalue weighted by Crippen LogP contribution is -2.44. The molecular formula is C16H23NO2. The molecule has 0 unspecified atom stereocenters. The SMILES string of the molecule is Cc1ccc(C)c(CN2CCC3(CC2)OCCO3)c1. The van der Waals surface area contributed by atoms with Crippen molar-refractivity contribution in [1.29, 1.82) is 0 Å². The van der Waals surface area contributed by atoms with Gasteiger partial charge in [-0.1, -0.05) is 23.8 Å². The molecule has 0 aromatic heterocycles. The molecule has 19 heavy (non-hydrogen) atoms. The Labute approximate surface area is 115 Å². The van der Waals surface area contributed by atoms with Crippen LogP contribution in [0.5, 0.6) is 0 Å². The van der Waals surface area contributed by atoms with Crippen molar-refractivity contribution in [3.63, 3.8) is 0 Å². The van der Waals surface area contributed by atoms with E-state index in [2.05, 4.69) is 36.9 Å². The molecule has 2 heterocycles. The minimum atomic E-state index is -0.252. The maximum atomic E-state index is 5.77. The predicted octanol–water partition coefficient (Wildman–Crippen LogP) is 2.64. The second-order valence-electron chi connectivity index (χ2n) is 5.81. The van der Waals surface area contributed by atoms with Gasteiger partial charge in [-0.05, 0) is 25.0 Å².